The van der Waals surface area contributed by atoms with Crippen molar-refractivity contribution in [3.05, 3.63) is 0 Å². The number of hydrogen-bond acceptors (Lipinski definition) is 5. The quantitative estimate of drug-likeness (QED) is 0.361. The fourth-order valence-corrected chi connectivity index (χ4v) is 0.595. The van der Waals surface area contributed by atoms with E-state index in [-0.39, 0.29) is 0 Å². The summed E-state index contributed by atoms with van der Waals surface area (Å²) in [5, 5.41) is 25.9. The molecular formula is C6H10O7. The topological polar surface area (TPSA) is 113 Å². The van der Waals surface area contributed by atoms with Crippen molar-refractivity contribution >= 4 is 11.9 Å². The molecule has 13 heavy (non-hydrogen) atoms. The van der Waals surface area contributed by atoms with Gasteiger partial charge in [-0.05, 0) is 0 Å². The molecule has 0 aromatic rings. The fraction of sp³-hybridized carbons (Fsp3) is 0.667. The smallest absolute Gasteiger partial charge is 0.338 e. The highest BCUT2D eigenvalue weighted by molar-refractivity contribution is 5.83. The van der Waals surface area contributed by atoms with Gasteiger partial charge < -0.3 is 15.3 Å². The number of hydrogen-bond donors (Lipinski definition) is 3. The molecule has 7 nitrogen and oxygen atoms in total. The third-order valence-corrected chi connectivity index (χ3v) is 1.26. The van der Waals surface area contributed by atoms with Gasteiger partial charge in [-0.1, -0.05) is 0 Å². The number of carboxylic acid groups (broad SMARTS) is 2. The molecule has 0 aliphatic rings. The zero-order valence-corrected chi connectivity index (χ0v) is 6.89. The number of rotatable bonds is 6. The van der Waals surface area contributed by atoms with Crippen LogP contribution in [0.25, 0.3) is 0 Å². The molecular weight excluding hydrogens is 184 g/mol. The molecule has 76 valence electrons. The van der Waals surface area contributed by atoms with Crippen LogP contribution in [0.15, 0.2) is 0 Å². The van der Waals surface area contributed by atoms with Crippen molar-refractivity contribution in [1.82, 2.24) is 0 Å². The van der Waals surface area contributed by atoms with Gasteiger partial charge >= 0.3 is 11.9 Å². The Hall–Kier alpha value is -1.18. The van der Waals surface area contributed by atoms with Crippen LogP contribution >= 0.6 is 0 Å². The molecule has 0 aromatic heterocycles. The van der Waals surface area contributed by atoms with E-state index >= 15 is 0 Å². The largest absolute Gasteiger partial charge is 0.481 e. The Morgan fingerprint density at radius 3 is 2.23 bits per heavy atom. The van der Waals surface area contributed by atoms with Gasteiger partial charge in [-0.3, -0.25) is 4.79 Å². The van der Waals surface area contributed by atoms with E-state index in [9.17, 15) is 14.7 Å². The SMILES string of the molecule is COOCC(O)(CC(=O)O)C(=O)O. The summed E-state index contributed by atoms with van der Waals surface area (Å²) in [7, 11) is 1.11. The van der Waals surface area contributed by atoms with Crippen LogP contribution in [0, 0.1) is 0 Å². The third-order valence-electron chi connectivity index (χ3n) is 1.26. The average Bonchev–Trinajstić information content (AvgIpc) is 1.99. The van der Waals surface area contributed by atoms with E-state index in [1.807, 2.05) is 0 Å². The highest BCUT2D eigenvalue weighted by Gasteiger charge is 2.39. The monoisotopic (exact) mass is 194 g/mol. The van der Waals surface area contributed by atoms with E-state index in [4.69, 9.17) is 10.2 Å². The van der Waals surface area contributed by atoms with Crippen molar-refractivity contribution in [2.75, 3.05) is 13.7 Å². The minimum absolute atomic E-state index is 0.745. The van der Waals surface area contributed by atoms with Crippen LogP contribution in [0.4, 0.5) is 0 Å². The normalized spacial score (nSPS) is 14.9. The molecule has 0 saturated heterocycles. The molecule has 0 radical (unpaired) electrons. The Balaban J connectivity index is 4.34. The summed E-state index contributed by atoms with van der Waals surface area (Å²) in [5.41, 5.74) is -2.46. The van der Waals surface area contributed by atoms with Crippen LogP contribution in [0.5, 0.6) is 0 Å². The van der Waals surface area contributed by atoms with Gasteiger partial charge in [0, 0.05) is 0 Å². The van der Waals surface area contributed by atoms with Gasteiger partial charge in [0.25, 0.3) is 0 Å². The van der Waals surface area contributed by atoms with Crippen LogP contribution in [-0.4, -0.2) is 46.6 Å². The minimum Gasteiger partial charge on any atom is -0.481 e. The van der Waals surface area contributed by atoms with Crippen molar-refractivity contribution in [3.63, 3.8) is 0 Å². The maximum atomic E-state index is 10.4. The maximum Gasteiger partial charge on any atom is 0.338 e. The lowest BCUT2D eigenvalue weighted by atomic mass is 10.0. The molecule has 3 N–H and O–H groups in total. The molecule has 0 aliphatic carbocycles. The number of carbonyl (C=O) groups is 2. The van der Waals surface area contributed by atoms with Gasteiger partial charge in [-0.15, -0.1) is 0 Å². The van der Waals surface area contributed by atoms with E-state index in [0.29, 0.717) is 0 Å². The van der Waals surface area contributed by atoms with Crippen molar-refractivity contribution in [3.8, 4) is 0 Å². The van der Waals surface area contributed by atoms with Gasteiger partial charge in [0.05, 0.1) is 13.5 Å². The zero-order chi connectivity index (χ0) is 10.5. The van der Waals surface area contributed by atoms with Crippen LogP contribution in [0.3, 0.4) is 0 Å². The van der Waals surface area contributed by atoms with Gasteiger partial charge in [0.2, 0.25) is 0 Å². The molecule has 0 amide bonds. The second-order valence-electron chi connectivity index (χ2n) is 2.34. The molecule has 0 fully saturated rings. The van der Waals surface area contributed by atoms with Crippen LogP contribution in [0.2, 0.25) is 0 Å². The van der Waals surface area contributed by atoms with E-state index in [0.717, 1.165) is 7.11 Å². The average molecular weight is 194 g/mol. The van der Waals surface area contributed by atoms with E-state index in [1.54, 1.807) is 0 Å². The van der Waals surface area contributed by atoms with Crippen molar-refractivity contribution in [2.45, 2.75) is 12.0 Å². The summed E-state index contributed by atoms with van der Waals surface area (Å²) in [6, 6.07) is 0. The summed E-state index contributed by atoms with van der Waals surface area (Å²) < 4.78 is 0. The molecule has 7 heteroatoms. The van der Waals surface area contributed by atoms with Crippen LogP contribution < -0.4 is 0 Å². The van der Waals surface area contributed by atoms with Gasteiger partial charge in [0.15, 0.2) is 5.60 Å². The van der Waals surface area contributed by atoms with Crippen LogP contribution in [-0.2, 0) is 19.4 Å². The first-order valence-electron chi connectivity index (χ1n) is 3.25. The van der Waals surface area contributed by atoms with Gasteiger partial charge in [0.1, 0.15) is 6.61 Å². The van der Waals surface area contributed by atoms with E-state index in [1.165, 1.54) is 0 Å². The lowest BCUT2D eigenvalue weighted by molar-refractivity contribution is -0.296. The summed E-state index contributed by atoms with van der Waals surface area (Å²) in [6.07, 6.45) is -0.953. The molecule has 0 aromatic carbocycles. The fourth-order valence-electron chi connectivity index (χ4n) is 0.595. The highest BCUT2D eigenvalue weighted by atomic mass is 17.2. The first kappa shape index (κ1) is 11.8. The minimum atomic E-state index is -2.46. The zero-order valence-electron chi connectivity index (χ0n) is 6.89. The lowest BCUT2D eigenvalue weighted by Gasteiger charge is -2.19. The second kappa shape index (κ2) is 4.75. The summed E-state index contributed by atoms with van der Waals surface area (Å²) in [6.45, 7) is -0.745. The first-order chi connectivity index (χ1) is 5.92. The van der Waals surface area contributed by atoms with Gasteiger partial charge in [-0.2, -0.15) is 0 Å². The molecule has 0 saturated carbocycles. The highest BCUT2D eigenvalue weighted by Crippen LogP contribution is 2.11. The van der Waals surface area contributed by atoms with Crippen molar-refractivity contribution in [1.29, 1.82) is 0 Å². The third kappa shape index (κ3) is 3.83. The molecule has 0 heterocycles. The Morgan fingerprint density at radius 2 is 1.92 bits per heavy atom. The van der Waals surface area contributed by atoms with Gasteiger partial charge in [-0.25, -0.2) is 14.6 Å². The maximum absolute atomic E-state index is 10.4. The molecule has 0 spiro atoms. The van der Waals surface area contributed by atoms with Crippen LogP contribution in [0.1, 0.15) is 6.42 Å². The van der Waals surface area contributed by atoms with E-state index < -0.39 is 30.6 Å². The Bertz CT molecular complexity index is 201. The Labute approximate surface area is 73.4 Å². The summed E-state index contributed by atoms with van der Waals surface area (Å²) in [5.74, 6) is -3.11. The molecule has 0 aliphatic heterocycles. The summed E-state index contributed by atoms with van der Waals surface area (Å²) in [4.78, 5) is 28.8. The second-order valence-corrected chi connectivity index (χ2v) is 2.34. The molecule has 1 unspecified atom stereocenters. The lowest BCUT2D eigenvalue weighted by Crippen LogP contribution is -2.45. The predicted octanol–water partition coefficient (Wildman–Crippen LogP) is -1.15. The predicted molar refractivity (Wildman–Crippen MR) is 37.8 cm³/mol. The number of aliphatic carboxylic acids is 2. The molecule has 0 rings (SSSR count). The van der Waals surface area contributed by atoms with Crippen molar-refractivity contribution in [2.24, 2.45) is 0 Å². The Morgan fingerprint density at radius 1 is 1.38 bits per heavy atom. The first-order valence-corrected chi connectivity index (χ1v) is 3.25. The summed E-state index contributed by atoms with van der Waals surface area (Å²) >= 11 is 0. The molecule has 1 atom stereocenters. The number of aliphatic hydroxyl groups is 1. The Kier molecular flexibility index (Phi) is 4.32. The standard InChI is InChI=1S/C6H10O7/c1-12-13-3-6(11,5(9)10)2-4(7)8/h11H,2-3H2,1H3,(H,7,8)(H,9,10). The van der Waals surface area contributed by atoms with E-state index in [2.05, 4.69) is 9.78 Å². The molecule has 0 bridgehead atoms. The van der Waals surface area contributed by atoms with Crippen molar-refractivity contribution < 1.29 is 34.7 Å². The number of carboxylic acids is 2.